The van der Waals surface area contributed by atoms with Gasteiger partial charge in [-0.25, -0.2) is 9.29 Å². The number of imide groups is 1. The van der Waals surface area contributed by atoms with Crippen molar-refractivity contribution in [2.24, 2.45) is 0 Å². The lowest BCUT2D eigenvalue weighted by molar-refractivity contribution is -0.121. The monoisotopic (exact) mass is 345 g/mol. The molecule has 1 aliphatic rings. The van der Waals surface area contributed by atoms with Gasteiger partial charge in [-0.1, -0.05) is 29.8 Å². The van der Waals surface area contributed by atoms with Crippen LogP contribution in [0.3, 0.4) is 0 Å². The van der Waals surface area contributed by atoms with Crippen LogP contribution in [-0.2, 0) is 9.59 Å². The zero-order valence-corrected chi connectivity index (χ0v) is 13.7. The highest BCUT2D eigenvalue weighted by atomic mass is 35.5. The molecule has 0 saturated carbocycles. The zero-order chi connectivity index (χ0) is 17.6. The van der Waals surface area contributed by atoms with Crippen LogP contribution in [-0.4, -0.2) is 16.9 Å². The van der Waals surface area contributed by atoms with Crippen LogP contribution in [0.2, 0.25) is 5.02 Å². The summed E-state index contributed by atoms with van der Waals surface area (Å²) in [5.74, 6) is -2.84. The van der Waals surface area contributed by atoms with Crippen molar-refractivity contribution >= 4 is 34.7 Å². The molecule has 6 heteroatoms. The maximum Gasteiger partial charge on any atom is 0.301 e. The third kappa shape index (κ3) is 2.47. The minimum absolute atomic E-state index is 0.0800. The summed E-state index contributed by atoms with van der Waals surface area (Å²) in [5, 5.41) is 9.94. The van der Waals surface area contributed by atoms with Gasteiger partial charge in [0.25, 0.3) is 5.91 Å². The fourth-order valence-corrected chi connectivity index (χ4v) is 2.71. The molecule has 4 nitrogen and oxygen atoms in total. The lowest BCUT2D eigenvalue weighted by Crippen LogP contribution is -2.31. The van der Waals surface area contributed by atoms with E-state index in [1.807, 2.05) is 13.8 Å². The summed E-state index contributed by atoms with van der Waals surface area (Å²) < 4.78 is 13.3. The molecule has 2 amide bonds. The fraction of sp³-hybridized carbons (Fsp3) is 0.111. The molecule has 0 saturated heterocycles. The molecule has 1 N–H and O–H groups in total. The summed E-state index contributed by atoms with van der Waals surface area (Å²) >= 11 is 5.72. The van der Waals surface area contributed by atoms with Gasteiger partial charge in [-0.3, -0.25) is 9.59 Å². The SMILES string of the molecule is Cc1ccc(C2=C(O)C(=O)N(c3ccc(F)c(Cl)c3)C2=O)cc1C. The quantitative estimate of drug-likeness (QED) is 0.839. The number of carbonyl (C=O) groups is 2. The molecule has 1 heterocycles. The highest BCUT2D eigenvalue weighted by molar-refractivity contribution is 6.45. The molecule has 0 fully saturated rings. The first kappa shape index (κ1) is 16.2. The molecule has 2 aromatic rings. The van der Waals surface area contributed by atoms with E-state index < -0.39 is 23.4 Å². The Morgan fingerprint density at radius 1 is 1.00 bits per heavy atom. The van der Waals surface area contributed by atoms with Gasteiger partial charge in [0, 0.05) is 0 Å². The average Bonchev–Trinajstić information content (AvgIpc) is 2.75. The fourth-order valence-electron chi connectivity index (χ4n) is 2.53. The van der Waals surface area contributed by atoms with E-state index >= 15 is 0 Å². The third-order valence-electron chi connectivity index (χ3n) is 4.02. The molecule has 122 valence electrons. The van der Waals surface area contributed by atoms with Gasteiger partial charge in [0.1, 0.15) is 5.82 Å². The van der Waals surface area contributed by atoms with Crippen molar-refractivity contribution in [2.75, 3.05) is 4.90 Å². The van der Waals surface area contributed by atoms with Crippen molar-refractivity contribution in [3.05, 3.63) is 69.7 Å². The Hall–Kier alpha value is -2.66. The van der Waals surface area contributed by atoms with E-state index in [2.05, 4.69) is 0 Å². The van der Waals surface area contributed by atoms with Crippen LogP contribution in [0.5, 0.6) is 0 Å². The van der Waals surface area contributed by atoms with Crippen LogP contribution in [0.25, 0.3) is 5.57 Å². The van der Waals surface area contributed by atoms with Crippen molar-refractivity contribution in [1.82, 2.24) is 0 Å². The molecule has 0 atom stereocenters. The Morgan fingerprint density at radius 3 is 2.33 bits per heavy atom. The van der Waals surface area contributed by atoms with Crippen molar-refractivity contribution in [1.29, 1.82) is 0 Å². The number of aliphatic hydroxyl groups excluding tert-OH is 1. The number of carbonyl (C=O) groups excluding carboxylic acids is 2. The van der Waals surface area contributed by atoms with E-state index in [0.29, 0.717) is 5.56 Å². The Labute approximate surface area is 142 Å². The summed E-state index contributed by atoms with van der Waals surface area (Å²) in [6, 6.07) is 8.69. The van der Waals surface area contributed by atoms with Crippen LogP contribution in [0, 0.1) is 19.7 Å². The van der Waals surface area contributed by atoms with Crippen molar-refractivity contribution < 1.29 is 19.1 Å². The molecule has 0 bridgehead atoms. The smallest absolute Gasteiger partial charge is 0.301 e. The van der Waals surface area contributed by atoms with Gasteiger partial charge in [-0.05, 0) is 48.7 Å². The second-order valence-corrected chi connectivity index (χ2v) is 5.97. The largest absolute Gasteiger partial charge is 0.502 e. The van der Waals surface area contributed by atoms with Crippen molar-refractivity contribution in [3.8, 4) is 0 Å². The number of rotatable bonds is 2. The zero-order valence-electron chi connectivity index (χ0n) is 12.9. The minimum Gasteiger partial charge on any atom is -0.502 e. The Morgan fingerprint density at radius 2 is 1.71 bits per heavy atom. The molecule has 0 aliphatic carbocycles. The number of hydrogen-bond donors (Lipinski definition) is 1. The molecule has 0 aromatic heterocycles. The Bertz CT molecular complexity index is 920. The lowest BCUT2D eigenvalue weighted by Gasteiger charge is -2.15. The van der Waals surface area contributed by atoms with Gasteiger partial charge in [0.15, 0.2) is 5.76 Å². The van der Waals surface area contributed by atoms with Crippen LogP contribution < -0.4 is 4.90 Å². The molecule has 3 rings (SSSR count). The summed E-state index contributed by atoms with van der Waals surface area (Å²) in [4.78, 5) is 25.8. The first-order valence-electron chi connectivity index (χ1n) is 7.16. The summed E-state index contributed by atoms with van der Waals surface area (Å²) in [7, 11) is 0. The minimum atomic E-state index is -0.865. The van der Waals surface area contributed by atoms with E-state index in [9.17, 15) is 19.1 Å². The normalized spacial score (nSPS) is 14.8. The van der Waals surface area contributed by atoms with Crippen molar-refractivity contribution in [2.45, 2.75) is 13.8 Å². The first-order chi connectivity index (χ1) is 11.3. The Balaban J connectivity index is 2.07. The predicted molar refractivity (Wildman–Crippen MR) is 89.4 cm³/mol. The van der Waals surface area contributed by atoms with Gasteiger partial charge < -0.3 is 5.11 Å². The van der Waals surface area contributed by atoms with Crippen LogP contribution >= 0.6 is 11.6 Å². The Kier molecular flexibility index (Phi) is 3.89. The standard InChI is InChI=1S/C18H13ClFNO3/c1-9-3-4-11(7-10(9)2)15-16(22)18(24)21(17(15)23)12-5-6-14(20)13(19)8-12/h3-8,22H,1-2H3. The average molecular weight is 346 g/mol. The summed E-state index contributed by atoms with van der Waals surface area (Å²) in [5.41, 5.74) is 2.42. The number of hydrogen-bond acceptors (Lipinski definition) is 3. The number of aliphatic hydroxyl groups is 1. The topological polar surface area (TPSA) is 57.6 Å². The molecular formula is C18H13ClFNO3. The van der Waals surface area contributed by atoms with Gasteiger partial charge in [-0.2, -0.15) is 0 Å². The van der Waals surface area contributed by atoms with Crippen LogP contribution in [0.15, 0.2) is 42.2 Å². The number of benzene rings is 2. The third-order valence-corrected chi connectivity index (χ3v) is 4.31. The van der Waals surface area contributed by atoms with E-state index in [0.717, 1.165) is 22.1 Å². The van der Waals surface area contributed by atoms with Gasteiger partial charge in [0.2, 0.25) is 0 Å². The molecule has 0 unspecified atom stereocenters. The number of aryl methyl sites for hydroxylation is 2. The highest BCUT2D eigenvalue weighted by Gasteiger charge is 2.40. The first-order valence-corrected chi connectivity index (χ1v) is 7.53. The summed E-state index contributed by atoms with van der Waals surface area (Å²) in [6.07, 6.45) is 0. The summed E-state index contributed by atoms with van der Waals surface area (Å²) in [6.45, 7) is 3.79. The van der Waals surface area contributed by atoms with Gasteiger partial charge in [0.05, 0.1) is 16.3 Å². The van der Waals surface area contributed by atoms with Gasteiger partial charge >= 0.3 is 5.91 Å². The number of anilines is 1. The maximum absolute atomic E-state index is 13.3. The number of amides is 2. The second kappa shape index (κ2) is 5.76. The van der Waals surface area contributed by atoms with E-state index in [1.165, 1.54) is 12.1 Å². The predicted octanol–water partition coefficient (Wildman–Crippen LogP) is 3.94. The van der Waals surface area contributed by atoms with Crippen molar-refractivity contribution in [3.63, 3.8) is 0 Å². The highest BCUT2D eigenvalue weighted by Crippen LogP contribution is 2.33. The second-order valence-electron chi connectivity index (χ2n) is 5.57. The molecule has 2 aromatic carbocycles. The molecule has 0 radical (unpaired) electrons. The number of halogens is 2. The molecule has 24 heavy (non-hydrogen) atoms. The van der Waals surface area contributed by atoms with E-state index in [-0.39, 0.29) is 16.3 Å². The lowest BCUT2D eigenvalue weighted by atomic mass is 10.00. The van der Waals surface area contributed by atoms with Crippen LogP contribution in [0.4, 0.5) is 10.1 Å². The molecular weight excluding hydrogens is 333 g/mol. The van der Waals surface area contributed by atoms with E-state index in [4.69, 9.17) is 11.6 Å². The molecule has 0 spiro atoms. The maximum atomic E-state index is 13.3. The van der Waals surface area contributed by atoms with E-state index in [1.54, 1.807) is 18.2 Å². The molecule has 1 aliphatic heterocycles. The number of nitrogens with zero attached hydrogens (tertiary/aromatic N) is 1. The van der Waals surface area contributed by atoms with Gasteiger partial charge in [-0.15, -0.1) is 0 Å². The van der Waals surface area contributed by atoms with Crippen LogP contribution in [0.1, 0.15) is 16.7 Å².